The van der Waals surface area contributed by atoms with E-state index in [2.05, 4.69) is 15.0 Å². The Morgan fingerprint density at radius 1 is 1.19 bits per heavy atom. The van der Waals surface area contributed by atoms with E-state index in [0.29, 0.717) is 22.9 Å². The van der Waals surface area contributed by atoms with Crippen molar-refractivity contribution in [3.63, 3.8) is 0 Å². The molecule has 21 heavy (non-hydrogen) atoms. The van der Waals surface area contributed by atoms with Gasteiger partial charge < -0.3 is 4.57 Å². The molecule has 3 aromatic rings. The van der Waals surface area contributed by atoms with Crippen LogP contribution in [0, 0.1) is 18.6 Å². The van der Waals surface area contributed by atoms with E-state index in [1.807, 2.05) is 0 Å². The van der Waals surface area contributed by atoms with Crippen molar-refractivity contribution < 1.29 is 8.78 Å². The summed E-state index contributed by atoms with van der Waals surface area (Å²) in [5.74, 6) is -0.672. The van der Waals surface area contributed by atoms with Gasteiger partial charge in [-0.05, 0) is 25.1 Å². The number of aryl methyl sites for hydroxylation is 1. The van der Waals surface area contributed by atoms with Gasteiger partial charge in [-0.3, -0.25) is 0 Å². The molecule has 0 aliphatic carbocycles. The van der Waals surface area contributed by atoms with E-state index >= 15 is 0 Å². The first-order valence-corrected chi connectivity index (χ1v) is 6.81. The van der Waals surface area contributed by atoms with E-state index in [1.54, 1.807) is 23.8 Å². The summed E-state index contributed by atoms with van der Waals surface area (Å²) in [7, 11) is 0. The Labute approximate surface area is 124 Å². The molecule has 0 spiro atoms. The van der Waals surface area contributed by atoms with Crippen LogP contribution in [0.1, 0.15) is 17.3 Å². The Kier molecular flexibility index (Phi) is 3.55. The third kappa shape index (κ3) is 2.47. The summed E-state index contributed by atoms with van der Waals surface area (Å²) in [4.78, 5) is 12.5. The molecular formula is C14H11ClF2N4. The monoisotopic (exact) mass is 308 g/mol. The highest BCUT2D eigenvalue weighted by molar-refractivity contribution is 6.16. The quantitative estimate of drug-likeness (QED) is 0.698. The van der Waals surface area contributed by atoms with Crippen LogP contribution >= 0.6 is 11.6 Å². The van der Waals surface area contributed by atoms with E-state index in [-0.39, 0.29) is 17.9 Å². The Bertz CT molecular complexity index is 816. The van der Waals surface area contributed by atoms with Gasteiger partial charge in [0.05, 0.1) is 23.6 Å². The maximum Gasteiger partial charge on any atom is 0.184 e. The highest BCUT2D eigenvalue weighted by Gasteiger charge is 2.17. The number of hydrogen-bond acceptors (Lipinski definition) is 3. The van der Waals surface area contributed by atoms with Gasteiger partial charge in [-0.2, -0.15) is 0 Å². The summed E-state index contributed by atoms with van der Waals surface area (Å²) in [6.07, 6.45) is 1.62. The number of rotatable bonds is 3. The molecule has 0 fully saturated rings. The van der Waals surface area contributed by atoms with E-state index < -0.39 is 11.6 Å². The van der Waals surface area contributed by atoms with Gasteiger partial charge in [-0.25, -0.2) is 23.7 Å². The summed E-state index contributed by atoms with van der Waals surface area (Å²) in [6, 6.07) is 4.21. The molecule has 0 unspecified atom stereocenters. The lowest BCUT2D eigenvalue weighted by molar-refractivity contribution is 0.511. The van der Waals surface area contributed by atoms with Crippen molar-refractivity contribution in [2.45, 2.75) is 19.3 Å². The van der Waals surface area contributed by atoms with Crippen LogP contribution in [0.2, 0.25) is 0 Å². The molecule has 0 saturated heterocycles. The summed E-state index contributed by atoms with van der Waals surface area (Å²) in [5.41, 5.74) is 1.15. The molecule has 0 aliphatic heterocycles. The average Bonchev–Trinajstić information content (AvgIpc) is 2.81. The average molecular weight is 309 g/mol. The zero-order valence-electron chi connectivity index (χ0n) is 11.1. The van der Waals surface area contributed by atoms with Gasteiger partial charge >= 0.3 is 0 Å². The van der Waals surface area contributed by atoms with Crippen LogP contribution in [-0.2, 0) is 12.4 Å². The number of hydrogen-bond donors (Lipinski definition) is 0. The predicted molar refractivity (Wildman–Crippen MR) is 75.1 cm³/mol. The van der Waals surface area contributed by atoms with Gasteiger partial charge in [0.15, 0.2) is 11.6 Å². The molecule has 0 atom stereocenters. The number of alkyl halides is 1. The Balaban J connectivity index is 2.18. The van der Waals surface area contributed by atoms with Gasteiger partial charge in [0.25, 0.3) is 0 Å². The molecule has 3 rings (SSSR count). The topological polar surface area (TPSA) is 43.6 Å². The van der Waals surface area contributed by atoms with Crippen LogP contribution in [0.3, 0.4) is 0 Å². The second kappa shape index (κ2) is 5.37. The minimum absolute atomic E-state index is 0.0970. The van der Waals surface area contributed by atoms with Crippen molar-refractivity contribution in [3.05, 3.63) is 53.4 Å². The minimum atomic E-state index is -0.929. The number of aromatic nitrogens is 4. The van der Waals surface area contributed by atoms with Crippen molar-refractivity contribution in [3.8, 4) is 0 Å². The fourth-order valence-electron chi connectivity index (χ4n) is 2.23. The first-order valence-electron chi connectivity index (χ1n) is 6.27. The number of benzene rings is 1. The van der Waals surface area contributed by atoms with Crippen molar-refractivity contribution >= 4 is 22.6 Å². The summed E-state index contributed by atoms with van der Waals surface area (Å²) in [5, 5.41) is 0. The molecule has 2 aromatic heterocycles. The lowest BCUT2D eigenvalue weighted by Crippen LogP contribution is -2.07. The fraction of sp³-hybridized carbons (Fsp3) is 0.214. The van der Waals surface area contributed by atoms with E-state index in [4.69, 9.17) is 11.6 Å². The lowest BCUT2D eigenvalue weighted by atomic mass is 10.3. The van der Waals surface area contributed by atoms with Gasteiger partial charge in [0.2, 0.25) is 0 Å². The van der Waals surface area contributed by atoms with Crippen LogP contribution in [-0.4, -0.2) is 19.5 Å². The minimum Gasteiger partial charge on any atom is -0.318 e. The highest BCUT2D eigenvalue weighted by atomic mass is 35.5. The standard InChI is InChI=1S/C14H11ClF2N4/c1-8-18-5-4-9(19-8)7-21-12(6-15)20-11-3-2-10(16)13(17)14(11)21/h2-5H,6-7H2,1H3. The molecule has 1 aromatic carbocycles. The third-order valence-electron chi connectivity index (χ3n) is 3.15. The Morgan fingerprint density at radius 3 is 2.71 bits per heavy atom. The molecular weight excluding hydrogens is 298 g/mol. The largest absolute Gasteiger partial charge is 0.318 e. The van der Waals surface area contributed by atoms with Gasteiger partial charge in [0, 0.05) is 6.20 Å². The maximum absolute atomic E-state index is 14.1. The second-order valence-electron chi connectivity index (χ2n) is 4.57. The fourth-order valence-corrected chi connectivity index (χ4v) is 2.44. The summed E-state index contributed by atoms with van der Waals surface area (Å²) < 4.78 is 29.1. The van der Waals surface area contributed by atoms with Crippen LogP contribution in [0.4, 0.5) is 8.78 Å². The van der Waals surface area contributed by atoms with E-state index in [0.717, 1.165) is 6.07 Å². The Morgan fingerprint density at radius 2 is 2.00 bits per heavy atom. The number of nitrogens with zero attached hydrogens (tertiary/aromatic N) is 4. The zero-order valence-corrected chi connectivity index (χ0v) is 11.9. The molecule has 0 saturated carbocycles. The van der Waals surface area contributed by atoms with E-state index in [9.17, 15) is 8.78 Å². The predicted octanol–water partition coefficient (Wildman–Crippen LogP) is 3.20. The Hall–Kier alpha value is -2.08. The van der Waals surface area contributed by atoms with Crippen LogP contribution in [0.25, 0.3) is 11.0 Å². The van der Waals surface area contributed by atoms with Crippen LogP contribution in [0.5, 0.6) is 0 Å². The van der Waals surface area contributed by atoms with Gasteiger partial charge in [-0.15, -0.1) is 11.6 Å². The normalized spacial score (nSPS) is 11.2. The van der Waals surface area contributed by atoms with Crippen molar-refractivity contribution in [2.24, 2.45) is 0 Å². The van der Waals surface area contributed by atoms with Crippen molar-refractivity contribution in [2.75, 3.05) is 0 Å². The van der Waals surface area contributed by atoms with Crippen molar-refractivity contribution in [1.29, 1.82) is 0 Å². The summed E-state index contributed by atoms with van der Waals surface area (Å²) >= 11 is 5.86. The third-order valence-corrected chi connectivity index (χ3v) is 3.39. The SMILES string of the molecule is Cc1nccc(Cn2c(CCl)nc3ccc(F)c(F)c32)n1. The molecule has 2 heterocycles. The van der Waals surface area contributed by atoms with Gasteiger partial charge in [0.1, 0.15) is 17.2 Å². The lowest BCUT2D eigenvalue weighted by Gasteiger charge is -2.08. The molecule has 0 N–H and O–H groups in total. The van der Waals surface area contributed by atoms with E-state index in [1.165, 1.54) is 6.07 Å². The van der Waals surface area contributed by atoms with Crippen molar-refractivity contribution in [1.82, 2.24) is 19.5 Å². The number of halogens is 3. The first-order chi connectivity index (χ1) is 10.1. The molecule has 0 aliphatic rings. The van der Waals surface area contributed by atoms with Crippen LogP contribution in [0.15, 0.2) is 24.4 Å². The maximum atomic E-state index is 14.1. The molecule has 0 bridgehead atoms. The van der Waals surface area contributed by atoms with Crippen LogP contribution < -0.4 is 0 Å². The molecule has 108 valence electrons. The molecule has 0 amide bonds. The number of imidazole rings is 1. The smallest absolute Gasteiger partial charge is 0.184 e. The highest BCUT2D eigenvalue weighted by Crippen LogP contribution is 2.23. The first kappa shape index (κ1) is 13.9. The zero-order chi connectivity index (χ0) is 15.0. The van der Waals surface area contributed by atoms with Gasteiger partial charge in [-0.1, -0.05) is 0 Å². The molecule has 0 radical (unpaired) electrons. The number of fused-ring (bicyclic) bond motifs is 1. The molecule has 7 heteroatoms. The molecule has 4 nitrogen and oxygen atoms in total. The summed E-state index contributed by atoms with van der Waals surface area (Å²) in [6.45, 7) is 2.01. The second-order valence-corrected chi connectivity index (χ2v) is 4.84.